The average Bonchev–Trinajstić information content (AvgIpc) is 2.94. The third-order valence-corrected chi connectivity index (χ3v) is 4.56. The van der Waals surface area contributed by atoms with Crippen LogP contribution in [0.5, 0.6) is 5.75 Å². The van der Waals surface area contributed by atoms with Gasteiger partial charge in [-0.2, -0.15) is 9.61 Å². The normalized spacial score (nSPS) is 11.0. The number of rotatable bonds is 5. The van der Waals surface area contributed by atoms with Gasteiger partial charge in [-0.1, -0.05) is 42.4 Å². The van der Waals surface area contributed by atoms with Gasteiger partial charge in [-0.3, -0.25) is 0 Å². The van der Waals surface area contributed by atoms with Crippen molar-refractivity contribution in [3.8, 4) is 16.9 Å². The number of hydrogen-bond donors (Lipinski definition) is 0. The van der Waals surface area contributed by atoms with Gasteiger partial charge in [0.15, 0.2) is 10.8 Å². The van der Waals surface area contributed by atoms with Crippen LogP contribution >= 0.6 is 23.4 Å². The number of benzene rings is 1. The molecule has 0 aliphatic rings. The summed E-state index contributed by atoms with van der Waals surface area (Å²) < 4.78 is 6.86. The average molecular weight is 335 g/mol. The van der Waals surface area contributed by atoms with E-state index < -0.39 is 0 Å². The lowest BCUT2D eigenvalue weighted by Gasteiger charge is -2.06. The fourth-order valence-corrected chi connectivity index (χ4v) is 3.03. The molecule has 7 heteroatoms. The lowest BCUT2D eigenvalue weighted by atomic mass is 10.1. The van der Waals surface area contributed by atoms with Gasteiger partial charge in [0.05, 0.1) is 7.11 Å². The van der Waals surface area contributed by atoms with Crippen LogP contribution in [0.3, 0.4) is 0 Å². The van der Waals surface area contributed by atoms with Crippen molar-refractivity contribution < 1.29 is 4.74 Å². The van der Waals surface area contributed by atoms with Crippen molar-refractivity contribution in [2.75, 3.05) is 12.9 Å². The van der Waals surface area contributed by atoms with E-state index in [4.69, 9.17) is 16.3 Å². The summed E-state index contributed by atoms with van der Waals surface area (Å²) in [5.74, 6) is 1.77. The highest BCUT2D eigenvalue weighted by Crippen LogP contribution is 2.29. The second-order valence-electron chi connectivity index (χ2n) is 4.68. The fourth-order valence-electron chi connectivity index (χ4n) is 2.05. The molecular weight excluding hydrogens is 320 g/mol. The van der Waals surface area contributed by atoms with Crippen molar-refractivity contribution in [2.45, 2.75) is 18.5 Å². The summed E-state index contributed by atoms with van der Waals surface area (Å²) in [6.07, 6.45) is 1.07. The van der Waals surface area contributed by atoms with E-state index in [2.05, 4.69) is 22.2 Å². The van der Waals surface area contributed by atoms with Crippen LogP contribution in [0.4, 0.5) is 0 Å². The number of thioether (sulfide) groups is 1. The van der Waals surface area contributed by atoms with Crippen LogP contribution in [0.15, 0.2) is 35.5 Å². The van der Waals surface area contributed by atoms with Crippen molar-refractivity contribution in [3.63, 3.8) is 0 Å². The highest BCUT2D eigenvalue weighted by Gasteiger charge is 2.12. The predicted molar refractivity (Wildman–Crippen MR) is 88.8 cm³/mol. The summed E-state index contributed by atoms with van der Waals surface area (Å²) in [6.45, 7) is 2.12. The molecule has 0 atom stereocenters. The molecule has 3 aromatic rings. The Bertz CT molecular complexity index is 788. The smallest absolute Gasteiger partial charge is 0.212 e. The Morgan fingerprint density at radius 1 is 1.23 bits per heavy atom. The molecule has 22 heavy (non-hydrogen) atoms. The number of ether oxygens (including phenoxy) is 1. The van der Waals surface area contributed by atoms with Gasteiger partial charge in [0, 0.05) is 11.3 Å². The van der Waals surface area contributed by atoms with Crippen LogP contribution < -0.4 is 4.74 Å². The minimum absolute atomic E-state index is 0.427. The van der Waals surface area contributed by atoms with Crippen LogP contribution in [0.2, 0.25) is 5.15 Å². The summed E-state index contributed by atoms with van der Waals surface area (Å²) >= 11 is 7.97. The van der Waals surface area contributed by atoms with Crippen LogP contribution in [-0.4, -0.2) is 32.7 Å². The number of methoxy groups -OCH3 is 1. The van der Waals surface area contributed by atoms with Gasteiger partial charge in [-0.05, 0) is 30.2 Å². The fraction of sp³-hybridized carbons (Fsp3) is 0.267. The van der Waals surface area contributed by atoms with Gasteiger partial charge >= 0.3 is 0 Å². The zero-order chi connectivity index (χ0) is 15.5. The Balaban J connectivity index is 2.01. The summed E-state index contributed by atoms with van der Waals surface area (Å²) in [7, 11) is 1.64. The molecule has 0 aliphatic heterocycles. The molecule has 2 aromatic heterocycles. The molecule has 0 unspecified atom stereocenters. The van der Waals surface area contributed by atoms with E-state index in [-0.39, 0.29) is 0 Å². The van der Waals surface area contributed by atoms with Gasteiger partial charge in [0.25, 0.3) is 0 Å². The van der Waals surface area contributed by atoms with Crippen molar-refractivity contribution in [2.24, 2.45) is 0 Å². The molecule has 0 radical (unpaired) electrons. The van der Waals surface area contributed by atoms with Gasteiger partial charge in [0.1, 0.15) is 5.75 Å². The molecule has 0 bridgehead atoms. The number of nitrogens with zero attached hydrogens (tertiary/aromatic N) is 4. The molecule has 3 rings (SSSR count). The van der Waals surface area contributed by atoms with Gasteiger partial charge < -0.3 is 4.74 Å². The Hall–Kier alpha value is -1.79. The quantitative estimate of drug-likeness (QED) is 0.661. The summed E-state index contributed by atoms with van der Waals surface area (Å²) in [4.78, 5) is 0. The largest absolute Gasteiger partial charge is 0.497 e. The van der Waals surface area contributed by atoms with Crippen LogP contribution in [0, 0.1) is 0 Å². The highest BCUT2D eigenvalue weighted by atomic mass is 35.5. The van der Waals surface area contributed by atoms with E-state index in [1.54, 1.807) is 23.4 Å². The van der Waals surface area contributed by atoms with E-state index in [9.17, 15) is 0 Å². The third-order valence-electron chi connectivity index (χ3n) is 3.16. The topological polar surface area (TPSA) is 52.3 Å². The van der Waals surface area contributed by atoms with Crippen molar-refractivity contribution in [1.82, 2.24) is 19.8 Å². The van der Waals surface area contributed by atoms with Crippen molar-refractivity contribution in [3.05, 3.63) is 35.5 Å². The molecule has 0 aliphatic carbocycles. The molecule has 2 heterocycles. The van der Waals surface area contributed by atoms with Crippen LogP contribution in [0.25, 0.3) is 16.8 Å². The van der Waals surface area contributed by atoms with Crippen molar-refractivity contribution >= 4 is 29.0 Å². The Morgan fingerprint density at radius 3 is 2.68 bits per heavy atom. The molecule has 0 spiro atoms. The van der Waals surface area contributed by atoms with Crippen LogP contribution in [-0.2, 0) is 0 Å². The van der Waals surface area contributed by atoms with E-state index in [1.807, 2.05) is 30.3 Å². The van der Waals surface area contributed by atoms with Gasteiger partial charge in [0.2, 0.25) is 5.16 Å². The van der Waals surface area contributed by atoms with Crippen LogP contribution in [0.1, 0.15) is 13.3 Å². The summed E-state index contributed by atoms with van der Waals surface area (Å²) in [5, 5.41) is 14.0. The number of hydrogen-bond acceptors (Lipinski definition) is 5. The summed E-state index contributed by atoms with van der Waals surface area (Å²) in [6, 6.07) is 9.58. The zero-order valence-electron chi connectivity index (χ0n) is 12.3. The van der Waals surface area contributed by atoms with E-state index in [0.29, 0.717) is 10.8 Å². The lowest BCUT2D eigenvalue weighted by molar-refractivity contribution is 0.415. The molecule has 114 valence electrons. The third kappa shape index (κ3) is 2.89. The zero-order valence-corrected chi connectivity index (χ0v) is 13.9. The first-order chi connectivity index (χ1) is 10.7. The van der Waals surface area contributed by atoms with Gasteiger partial charge in [-0.15, -0.1) is 10.2 Å². The number of aromatic nitrogens is 4. The minimum Gasteiger partial charge on any atom is -0.497 e. The minimum atomic E-state index is 0.427. The maximum atomic E-state index is 6.35. The Kier molecular flexibility index (Phi) is 4.49. The Labute approximate surface area is 137 Å². The molecular formula is C15H15ClN4OS. The molecule has 1 aromatic carbocycles. The second kappa shape index (κ2) is 6.54. The van der Waals surface area contributed by atoms with Crippen molar-refractivity contribution in [1.29, 1.82) is 0 Å². The molecule has 0 amide bonds. The summed E-state index contributed by atoms with van der Waals surface area (Å²) in [5.41, 5.74) is 2.48. The monoisotopic (exact) mass is 334 g/mol. The maximum Gasteiger partial charge on any atom is 0.212 e. The first-order valence-corrected chi connectivity index (χ1v) is 8.28. The Morgan fingerprint density at radius 2 is 2.00 bits per heavy atom. The van der Waals surface area contributed by atoms with Gasteiger partial charge in [-0.25, -0.2) is 0 Å². The molecule has 5 nitrogen and oxygen atoms in total. The predicted octanol–water partition coefficient (Wildman–Crippen LogP) is 3.96. The maximum absolute atomic E-state index is 6.35. The lowest BCUT2D eigenvalue weighted by Crippen LogP contribution is -1.97. The second-order valence-corrected chi connectivity index (χ2v) is 6.10. The SMILES string of the molecule is CCCSc1nnc2cc(-c3ccc(OC)cc3)c(Cl)nn12. The first-order valence-electron chi connectivity index (χ1n) is 6.92. The molecule has 0 N–H and O–H groups in total. The molecule has 0 saturated heterocycles. The number of fused-ring (bicyclic) bond motifs is 1. The van der Waals surface area contributed by atoms with E-state index in [0.717, 1.165) is 34.2 Å². The molecule has 0 saturated carbocycles. The first kappa shape index (κ1) is 15.1. The molecule has 0 fully saturated rings. The van der Waals surface area contributed by atoms with E-state index in [1.165, 1.54) is 0 Å². The number of halogens is 1. The van der Waals surface area contributed by atoms with E-state index >= 15 is 0 Å². The standard InChI is InChI=1S/C15H15ClN4OS/c1-3-8-22-15-18-17-13-9-12(14(16)19-20(13)15)10-4-6-11(21-2)7-5-10/h4-7,9H,3,8H2,1-2H3. The highest BCUT2D eigenvalue weighted by molar-refractivity contribution is 7.99.